The number of amides is 2. The van der Waals surface area contributed by atoms with Crippen molar-refractivity contribution in [1.82, 2.24) is 9.80 Å². The van der Waals surface area contributed by atoms with Crippen LogP contribution in [0.3, 0.4) is 0 Å². The number of aryl methyl sites for hydroxylation is 1. The third-order valence-corrected chi connectivity index (χ3v) is 6.82. The molecule has 1 atom stereocenters. The zero-order valence-electron chi connectivity index (χ0n) is 19.6. The van der Waals surface area contributed by atoms with Crippen molar-refractivity contribution >= 4 is 23.2 Å². The summed E-state index contributed by atoms with van der Waals surface area (Å²) >= 11 is 1.77. The molecule has 31 heavy (non-hydrogen) atoms. The molecule has 0 saturated carbocycles. The standard InChI is InChI=1S/C26H36N2O2S/c1-6-7-14-27(23(29)17-26(3,4)5)18-24(30)28-15-12-22-21(13-16-31-22)25(28)20-10-8-19(2)9-11-20/h8-11,13,16,25H,6-7,12,14-15,17-18H2,1-5H3. The minimum atomic E-state index is -0.0915. The fourth-order valence-corrected chi connectivity index (χ4v) is 5.06. The average molecular weight is 441 g/mol. The molecule has 1 aromatic heterocycles. The zero-order chi connectivity index (χ0) is 22.6. The summed E-state index contributed by atoms with van der Waals surface area (Å²) in [5.41, 5.74) is 3.49. The summed E-state index contributed by atoms with van der Waals surface area (Å²) in [6.07, 6.45) is 3.26. The smallest absolute Gasteiger partial charge is 0.242 e. The van der Waals surface area contributed by atoms with E-state index < -0.39 is 0 Å². The Labute approximate surface area is 191 Å². The molecular weight excluding hydrogens is 404 g/mol. The molecule has 5 heteroatoms. The fourth-order valence-electron chi connectivity index (χ4n) is 4.15. The third kappa shape index (κ3) is 5.97. The highest BCUT2D eigenvalue weighted by molar-refractivity contribution is 7.10. The number of rotatable bonds is 7. The van der Waals surface area contributed by atoms with Crippen molar-refractivity contribution in [3.8, 4) is 0 Å². The molecular formula is C26H36N2O2S. The highest BCUT2D eigenvalue weighted by Gasteiger charge is 2.34. The molecule has 1 unspecified atom stereocenters. The van der Waals surface area contributed by atoms with Crippen molar-refractivity contribution in [2.75, 3.05) is 19.6 Å². The molecule has 2 amide bonds. The lowest BCUT2D eigenvalue weighted by Crippen LogP contribution is -2.47. The molecule has 1 aliphatic rings. The Bertz CT molecular complexity index is 895. The van der Waals surface area contributed by atoms with E-state index in [2.05, 4.69) is 70.3 Å². The molecule has 1 aromatic carbocycles. The molecule has 0 N–H and O–H groups in total. The van der Waals surface area contributed by atoms with Crippen LogP contribution in [0.25, 0.3) is 0 Å². The second kappa shape index (κ2) is 9.99. The number of benzene rings is 1. The molecule has 0 aliphatic carbocycles. The van der Waals surface area contributed by atoms with Crippen molar-refractivity contribution in [3.63, 3.8) is 0 Å². The number of unbranched alkanes of at least 4 members (excludes halogenated alkanes) is 1. The first kappa shape index (κ1) is 23.5. The van der Waals surface area contributed by atoms with Gasteiger partial charge in [-0.2, -0.15) is 0 Å². The van der Waals surface area contributed by atoms with Gasteiger partial charge in [0.15, 0.2) is 0 Å². The van der Waals surface area contributed by atoms with Crippen LogP contribution >= 0.6 is 11.3 Å². The van der Waals surface area contributed by atoms with E-state index in [1.807, 2.05) is 4.90 Å². The molecule has 2 aromatic rings. The summed E-state index contributed by atoms with van der Waals surface area (Å²) < 4.78 is 0. The van der Waals surface area contributed by atoms with Gasteiger partial charge in [0, 0.05) is 24.4 Å². The number of carbonyl (C=O) groups excluding carboxylic acids is 2. The van der Waals surface area contributed by atoms with Gasteiger partial charge < -0.3 is 9.80 Å². The van der Waals surface area contributed by atoms with Gasteiger partial charge in [0.05, 0.1) is 12.6 Å². The van der Waals surface area contributed by atoms with Gasteiger partial charge in [-0.1, -0.05) is 63.9 Å². The molecule has 2 heterocycles. The molecule has 0 saturated heterocycles. The van der Waals surface area contributed by atoms with Crippen LogP contribution in [0, 0.1) is 12.3 Å². The molecule has 0 bridgehead atoms. The van der Waals surface area contributed by atoms with E-state index >= 15 is 0 Å². The molecule has 1 aliphatic heterocycles. The van der Waals surface area contributed by atoms with Gasteiger partial charge >= 0.3 is 0 Å². The van der Waals surface area contributed by atoms with Crippen LogP contribution in [0.2, 0.25) is 0 Å². The topological polar surface area (TPSA) is 40.6 Å². The van der Waals surface area contributed by atoms with E-state index in [1.165, 1.54) is 16.0 Å². The quantitative estimate of drug-likeness (QED) is 0.563. The predicted molar refractivity (Wildman–Crippen MR) is 128 cm³/mol. The molecule has 4 nitrogen and oxygen atoms in total. The Balaban J connectivity index is 1.85. The average Bonchev–Trinajstić information content (AvgIpc) is 3.18. The maximum absolute atomic E-state index is 13.6. The van der Waals surface area contributed by atoms with Crippen LogP contribution in [-0.4, -0.2) is 41.2 Å². The van der Waals surface area contributed by atoms with Gasteiger partial charge in [-0.15, -0.1) is 11.3 Å². The van der Waals surface area contributed by atoms with E-state index in [0.717, 1.165) is 24.8 Å². The summed E-state index contributed by atoms with van der Waals surface area (Å²) in [7, 11) is 0. The molecule has 168 valence electrons. The Hall–Kier alpha value is -2.14. The van der Waals surface area contributed by atoms with Gasteiger partial charge in [0.2, 0.25) is 11.8 Å². The highest BCUT2D eigenvalue weighted by Crippen LogP contribution is 2.38. The van der Waals surface area contributed by atoms with Crippen LogP contribution < -0.4 is 0 Å². The molecule has 0 spiro atoms. The number of thiophene rings is 1. The van der Waals surface area contributed by atoms with E-state index in [-0.39, 0.29) is 29.8 Å². The predicted octanol–water partition coefficient (Wildman–Crippen LogP) is 5.60. The number of nitrogens with zero attached hydrogens (tertiary/aromatic N) is 2. The number of fused-ring (bicyclic) bond motifs is 1. The monoisotopic (exact) mass is 440 g/mol. The first-order chi connectivity index (χ1) is 14.7. The summed E-state index contributed by atoms with van der Waals surface area (Å²) in [6, 6.07) is 10.6. The first-order valence-corrected chi connectivity index (χ1v) is 12.3. The normalized spacial score (nSPS) is 16.2. The second-order valence-electron chi connectivity index (χ2n) is 9.86. The van der Waals surface area contributed by atoms with Crippen LogP contribution in [-0.2, 0) is 16.0 Å². The van der Waals surface area contributed by atoms with Crippen molar-refractivity contribution in [1.29, 1.82) is 0 Å². The van der Waals surface area contributed by atoms with Crippen LogP contribution in [0.5, 0.6) is 0 Å². The van der Waals surface area contributed by atoms with E-state index in [9.17, 15) is 9.59 Å². The number of hydrogen-bond acceptors (Lipinski definition) is 3. The minimum Gasteiger partial charge on any atom is -0.333 e. The van der Waals surface area contributed by atoms with Gasteiger partial charge in [-0.3, -0.25) is 9.59 Å². The Morgan fingerprint density at radius 2 is 1.87 bits per heavy atom. The largest absolute Gasteiger partial charge is 0.333 e. The Morgan fingerprint density at radius 3 is 2.52 bits per heavy atom. The van der Waals surface area contributed by atoms with Gasteiger partial charge in [0.1, 0.15) is 0 Å². The fraction of sp³-hybridized carbons (Fsp3) is 0.538. The Kier molecular flexibility index (Phi) is 7.58. The van der Waals surface area contributed by atoms with Gasteiger partial charge in [0.25, 0.3) is 0 Å². The van der Waals surface area contributed by atoms with E-state index in [1.54, 1.807) is 16.2 Å². The van der Waals surface area contributed by atoms with Gasteiger partial charge in [-0.25, -0.2) is 0 Å². The van der Waals surface area contributed by atoms with Crippen LogP contribution in [0.1, 0.15) is 74.6 Å². The Morgan fingerprint density at radius 1 is 1.16 bits per heavy atom. The SMILES string of the molecule is CCCCN(CC(=O)N1CCc2sccc2C1c1ccc(C)cc1)C(=O)CC(C)(C)C. The first-order valence-electron chi connectivity index (χ1n) is 11.4. The van der Waals surface area contributed by atoms with Crippen LogP contribution in [0.4, 0.5) is 0 Å². The molecule has 0 fully saturated rings. The summed E-state index contributed by atoms with van der Waals surface area (Å²) in [4.78, 5) is 31.7. The van der Waals surface area contributed by atoms with Crippen molar-refractivity contribution in [2.24, 2.45) is 5.41 Å². The zero-order valence-corrected chi connectivity index (χ0v) is 20.4. The van der Waals surface area contributed by atoms with E-state index in [0.29, 0.717) is 19.5 Å². The lowest BCUT2D eigenvalue weighted by molar-refractivity contribution is -0.142. The van der Waals surface area contributed by atoms with E-state index in [4.69, 9.17) is 0 Å². The number of carbonyl (C=O) groups is 2. The number of hydrogen-bond donors (Lipinski definition) is 0. The lowest BCUT2D eigenvalue weighted by Gasteiger charge is -2.38. The third-order valence-electron chi connectivity index (χ3n) is 5.82. The summed E-state index contributed by atoms with van der Waals surface area (Å²) in [5.74, 6) is 0.121. The van der Waals surface area contributed by atoms with Crippen molar-refractivity contribution in [3.05, 3.63) is 57.3 Å². The highest BCUT2D eigenvalue weighted by atomic mass is 32.1. The summed E-state index contributed by atoms with van der Waals surface area (Å²) in [5, 5.41) is 2.13. The minimum absolute atomic E-state index is 0.0424. The summed E-state index contributed by atoms with van der Waals surface area (Å²) in [6.45, 7) is 11.9. The maximum atomic E-state index is 13.6. The maximum Gasteiger partial charge on any atom is 0.242 e. The molecule has 3 rings (SSSR count). The van der Waals surface area contributed by atoms with Crippen LogP contribution in [0.15, 0.2) is 35.7 Å². The van der Waals surface area contributed by atoms with Gasteiger partial charge in [-0.05, 0) is 47.8 Å². The second-order valence-corrected chi connectivity index (χ2v) is 10.9. The van der Waals surface area contributed by atoms with Crippen molar-refractivity contribution in [2.45, 2.75) is 66.3 Å². The van der Waals surface area contributed by atoms with Crippen molar-refractivity contribution < 1.29 is 9.59 Å². The lowest BCUT2D eigenvalue weighted by atomic mass is 9.91. The molecule has 0 radical (unpaired) electrons.